The topological polar surface area (TPSA) is 99.6 Å². The number of fused-ring (bicyclic) bond motifs is 1. The summed E-state index contributed by atoms with van der Waals surface area (Å²) in [6.07, 6.45) is 2.50. The molecule has 0 spiro atoms. The molecule has 0 radical (unpaired) electrons. The molecule has 156 valence electrons. The summed E-state index contributed by atoms with van der Waals surface area (Å²) in [5.41, 5.74) is 0.610. The highest BCUT2D eigenvalue weighted by molar-refractivity contribution is 9.10. The largest absolute Gasteiger partial charge is 0.484 e. The number of halogens is 1. The fourth-order valence-corrected chi connectivity index (χ4v) is 3.19. The summed E-state index contributed by atoms with van der Waals surface area (Å²) in [7, 11) is 0. The summed E-state index contributed by atoms with van der Waals surface area (Å²) < 4.78 is 7.62. The van der Waals surface area contributed by atoms with Crippen molar-refractivity contribution in [2.24, 2.45) is 5.10 Å². The van der Waals surface area contributed by atoms with E-state index in [4.69, 9.17) is 4.74 Å². The van der Waals surface area contributed by atoms with Gasteiger partial charge in [-0.3, -0.25) is 14.9 Å². The average Bonchev–Trinajstić information content (AvgIpc) is 2.73. The molecular weight excluding hydrogens is 452 g/mol. The molecule has 1 aromatic heterocycles. The summed E-state index contributed by atoms with van der Waals surface area (Å²) in [4.78, 5) is 28.4. The summed E-state index contributed by atoms with van der Waals surface area (Å²) in [6.45, 7) is 5.67. The van der Waals surface area contributed by atoms with Crippen LogP contribution >= 0.6 is 15.9 Å². The van der Waals surface area contributed by atoms with E-state index in [-0.39, 0.29) is 23.1 Å². The molecular formula is C21H21BrN4O4. The Morgan fingerprint density at radius 3 is 2.73 bits per heavy atom. The summed E-state index contributed by atoms with van der Waals surface area (Å²) in [6, 6.07) is 9.88. The Bertz CT molecular complexity index is 1190. The molecule has 1 atom stereocenters. The van der Waals surface area contributed by atoms with Crippen LogP contribution in [0.25, 0.3) is 10.9 Å². The fourth-order valence-electron chi connectivity index (χ4n) is 2.82. The van der Waals surface area contributed by atoms with E-state index in [0.29, 0.717) is 28.7 Å². The van der Waals surface area contributed by atoms with E-state index in [2.05, 4.69) is 26.0 Å². The van der Waals surface area contributed by atoms with Crippen LogP contribution in [0.15, 0.2) is 50.8 Å². The lowest BCUT2D eigenvalue weighted by Crippen LogP contribution is -2.22. The van der Waals surface area contributed by atoms with Crippen molar-refractivity contribution < 1.29 is 9.66 Å². The number of benzene rings is 2. The third kappa shape index (κ3) is 4.56. The van der Waals surface area contributed by atoms with Gasteiger partial charge in [0.2, 0.25) is 0 Å². The normalized spacial score (nSPS) is 12.4. The van der Waals surface area contributed by atoms with Crippen molar-refractivity contribution in [1.29, 1.82) is 0 Å². The van der Waals surface area contributed by atoms with Crippen molar-refractivity contribution in [1.82, 2.24) is 9.66 Å². The number of nitrogens with zero attached hydrogens (tertiary/aromatic N) is 4. The SMILES string of the molecule is CCc1nc2ccc(Br)cc2c(=O)n1N=Cc1ccc(O[C@@H](C)CC)c([N+](=O)[O-])c1. The van der Waals surface area contributed by atoms with Gasteiger partial charge in [-0.2, -0.15) is 9.78 Å². The van der Waals surface area contributed by atoms with Gasteiger partial charge in [-0.05, 0) is 43.7 Å². The third-order valence-corrected chi connectivity index (χ3v) is 5.09. The van der Waals surface area contributed by atoms with Gasteiger partial charge in [-0.15, -0.1) is 0 Å². The number of nitro groups is 1. The number of hydrogen-bond donors (Lipinski definition) is 0. The van der Waals surface area contributed by atoms with Crippen molar-refractivity contribution in [3.05, 3.63) is 72.7 Å². The Morgan fingerprint density at radius 1 is 1.30 bits per heavy atom. The zero-order chi connectivity index (χ0) is 21.8. The lowest BCUT2D eigenvalue weighted by atomic mass is 10.2. The maximum Gasteiger partial charge on any atom is 0.311 e. The molecule has 0 aliphatic carbocycles. The van der Waals surface area contributed by atoms with Crippen molar-refractivity contribution in [2.45, 2.75) is 39.7 Å². The summed E-state index contributed by atoms with van der Waals surface area (Å²) >= 11 is 3.36. The van der Waals surface area contributed by atoms with Crippen molar-refractivity contribution in [3.63, 3.8) is 0 Å². The van der Waals surface area contributed by atoms with Gasteiger partial charge in [-0.25, -0.2) is 4.98 Å². The van der Waals surface area contributed by atoms with Crippen LogP contribution in [0.2, 0.25) is 0 Å². The van der Waals surface area contributed by atoms with Gasteiger partial charge < -0.3 is 4.74 Å². The van der Waals surface area contributed by atoms with Crippen LogP contribution in [-0.4, -0.2) is 26.9 Å². The minimum atomic E-state index is -0.492. The van der Waals surface area contributed by atoms with Crippen LogP contribution in [0.5, 0.6) is 5.75 Å². The molecule has 0 saturated carbocycles. The van der Waals surface area contributed by atoms with Gasteiger partial charge in [0.25, 0.3) is 5.56 Å². The number of hydrogen-bond acceptors (Lipinski definition) is 6. The standard InChI is InChI=1S/C21H21BrN4O4/c1-4-13(3)30-19-9-6-14(10-18(19)26(28)29)12-23-25-20(5-2)24-17-8-7-15(22)11-16(17)21(25)27/h6-13H,4-5H2,1-3H3/t13-/m0/s1. The highest BCUT2D eigenvalue weighted by atomic mass is 79.9. The smallest absolute Gasteiger partial charge is 0.311 e. The van der Waals surface area contributed by atoms with E-state index < -0.39 is 4.92 Å². The maximum atomic E-state index is 12.9. The van der Waals surface area contributed by atoms with Crippen molar-refractivity contribution in [3.8, 4) is 5.75 Å². The second kappa shape index (κ2) is 9.17. The molecule has 0 saturated heterocycles. The molecule has 0 bridgehead atoms. The number of nitro benzene ring substituents is 1. The van der Waals surface area contributed by atoms with Crippen LogP contribution in [0.3, 0.4) is 0 Å². The highest BCUT2D eigenvalue weighted by Crippen LogP contribution is 2.29. The molecule has 30 heavy (non-hydrogen) atoms. The van der Waals surface area contributed by atoms with E-state index >= 15 is 0 Å². The van der Waals surface area contributed by atoms with Gasteiger partial charge >= 0.3 is 5.69 Å². The number of aryl methyl sites for hydroxylation is 1. The molecule has 0 N–H and O–H groups in total. The second-order valence-corrected chi connectivity index (χ2v) is 7.64. The first-order valence-corrected chi connectivity index (χ1v) is 10.3. The van der Waals surface area contributed by atoms with E-state index in [0.717, 1.165) is 10.9 Å². The van der Waals surface area contributed by atoms with E-state index in [9.17, 15) is 14.9 Å². The quantitative estimate of drug-likeness (QED) is 0.282. The molecule has 9 heteroatoms. The van der Waals surface area contributed by atoms with Crippen molar-refractivity contribution >= 4 is 38.7 Å². The van der Waals surface area contributed by atoms with Crippen LogP contribution < -0.4 is 10.3 Å². The monoisotopic (exact) mass is 472 g/mol. The van der Waals surface area contributed by atoms with Crippen LogP contribution in [-0.2, 0) is 6.42 Å². The molecule has 0 amide bonds. The predicted octanol–water partition coefficient (Wildman–Crippen LogP) is 4.69. The lowest BCUT2D eigenvalue weighted by molar-refractivity contribution is -0.386. The molecule has 3 aromatic rings. The van der Waals surface area contributed by atoms with E-state index in [1.54, 1.807) is 24.3 Å². The Morgan fingerprint density at radius 2 is 2.07 bits per heavy atom. The zero-order valence-corrected chi connectivity index (χ0v) is 18.4. The predicted molar refractivity (Wildman–Crippen MR) is 120 cm³/mol. The van der Waals surface area contributed by atoms with Crippen LogP contribution in [0.1, 0.15) is 38.6 Å². The lowest BCUT2D eigenvalue weighted by Gasteiger charge is -2.12. The first-order valence-electron chi connectivity index (χ1n) is 9.54. The molecule has 2 aromatic carbocycles. The molecule has 1 heterocycles. The summed E-state index contributed by atoms with van der Waals surface area (Å²) in [5.74, 6) is 0.701. The molecule has 0 aliphatic rings. The highest BCUT2D eigenvalue weighted by Gasteiger charge is 2.17. The van der Waals surface area contributed by atoms with E-state index in [1.807, 2.05) is 26.8 Å². The minimum absolute atomic E-state index is 0.142. The molecule has 0 aliphatic heterocycles. The van der Waals surface area contributed by atoms with E-state index in [1.165, 1.54) is 17.0 Å². The van der Waals surface area contributed by atoms with Crippen molar-refractivity contribution in [2.75, 3.05) is 0 Å². The second-order valence-electron chi connectivity index (χ2n) is 6.73. The molecule has 3 rings (SSSR count). The van der Waals surface area contributed by atoms with Gasteiger partial charge in [0.05, 0.1) is 28.1 Å². The fraction of sp³-hybridized carbons (Fsp3) is 0.286. The minimum Gasteiger partial charge on any atom is -0.484 e. The Hall–Kier alpha value is -3.07. The van der Waals surface area contributed by atoms with Gasteiger partial charge in [0.1, 0.15) is 5.82 Å². The van der Waals surface area contributed by atoms with Gasteiger partial charge in [0.15, 0.2) is 5.75 Å². The van der Waals surface area contributed by atoms with Gasteiger partial charge in [0, 0.05) is 22.5 Å². The number of ether oxygens (including phenoxy) is 1. The zero-order valence-electron chi connectivity index (χ0n) is 16.8. The summed E-state index contributed by atoms with van der Waals surface area (Å²) in [5, 5.41) is 16.2. The van der Waals surface area contributed by atoms with Gasteiger partial charge in [-0.1, -0.05) is 29.8 Å². The third-order valence-electron chi connectivity index (χ3n) is 4.60. The van der Waals surface area contributed by atoms with Crippen LogP contribution in [0.4, 0.5) is 5.69 Å². The molecule has 8 nitrogen and oxygen atoms in total. The molecule has 0 fully saturated rings. The Kier molecular flexibility index (Phi) is 6.61. The van der Waals surface area contributed by atoms with Crippen LogP contribution in [0, 0.1) is 10.1 Å². The Labute approximate surface area is 181 Å². The maximum absolute atomic E-state index is 12.9. The Balaban J connectivity index is 2.04. The first kappa shape index (κ1) is 21.6. The number of rotatable bonds is 7. The average molecular weight is 473 g/mol. The number of aromatic nitrogens is 2. The first-order chi connectivity index (χ1) is 14.3. The molecule has 0 unspecified atom stereocenters.